The van der Waals surface area contributed by atoms with E-state index in [4.69, 9.17) is 23.7 Å². The molecular weight excluding hydrogens is 570 g/mol. The van der Waals surface area contributed by atoms with E-state index >= 15 is 0 Å². The molecule has 45 heavy (non-hydrogen) atoms. The van der Waals surface area contributed by atoms with Crippen LogP contribution >= 0.6 is 0 Å². The number of fused-ring (bicyclic) bond motifs is 1. The highest BCUT2D eigenvalue weighted by atomic mass is 16.7. The van der Waals surface area contributed by atoms with E-state index in [0.29, 0.717) is 24.0 Å². The van der Waals surface area contributed by atoms with Crippen molar-refractivity contribution in [2.24, 2.45) is 5.92 Å². The van der Waals surface area contributed by atoms with E-state index in [-0.39, 0.29) is 31.4 Å². The molecule has 5 rings (SSSR count). The van der Waals surface area contributed by atoms with Gasteiger partial charge in [-0.3, -0.25) is 9.59 Å². The summed E-state index contributed by atoms with van der Waals surface area (Å²) in [5.41, 5.74) is 5.19. The number of hydrogen-bond donors (Lipinski definition) is 1. The first-order chi connectivity index (χ1) is 21.9. The van der Waals surface area contributed by atoms with E-state index < -0.39 is 0 Å². The summed E-state index contributed by atoms with van der Waals surface area (Å²) in [7, 11) is 0. The van der Waals surface area contributed by atoms with Gasteiger partial charge in [-0.25, -0.2) is 0 Å². The fraction of sp³-hybridized carbons (Fsp3) is 0.405. The van der Waals surface area contributed by atoms with Crippen molar-refractivity contribution in [2.75, 3.05) is 26.5 Å². The van der Waals surface area contributed by atoms with Crippen molar-refractivity contribution in [3.8, 4) is 23.0 Å². The lowest BCUT2D eigenvalue weighted by atomic mass is 9.88. The van der Waals surface area contributed by atoms with E-state index in [0.717, 1.165) is 52.3 Å². The van der Waals surface area contributed by atoms with Gasteiger partial charge < -0.3 is 29.0 Å². The first-order valence-electron chi connectivity index (χ1n) is 15.9. The summed E-state index contributed by atoms with van der Waals surface area (Å²) in [6.07, 6.45) is 6.82. The lowest BCUT2D eigenvalue weighted by molar-refractivity contribution is -0.147. The molecule has 238 valence electrons. The van der Waals surface area contributed by atoms with Crippen molar-refractivity contribution in [3.63, 3.8) is 0 Å². The van der Waals surface area contributed by atoms with Gasteiger partial charge in [0.05, 0.1) is 0 Å². The van der Waals surface area contributed by atoms with Gasteiger partial charge in [-0.15, -0.1) is 0 Å². The van der Waals surface area contributed by atoms with Gasteiger partial charge in [-0.2, -0.15) is 0 Å². The number of esters is 2. The first-order valence-corrected chi connectivity index (χ1v) is 15.9. The number of nitrogens with one attached hydrogen (secondary N) is 1. The standard InChI is InChI=1S/C37H43NO7/c1-4-34(30-14-19-35-36(20-30)43-24-42-35)37(29-12-17-32(18-13-29)44-25(2)39)28-10-15-31(16-11-28)41-23-33(45-26(3)40)22-38-21-27-8-6-5-7-9-27/h10-20,27,33,38H,4-9,21-24H2,1-3H3/b37-34+. The third-order valence-electron chi connectivity index (χ3n) is 8.22. The predicted octanol–water partition coefficient (Wildman–Crippen LogP) is 7.19. The zero-order valence-electron chi connectivity index (χ0n) is 26.4. The van der Waals surface area contributed by atoms with Crippen LogP contribution in [-0.2, 0) is 14.3 Å². The minimum atomic E-state index is -0.380. The van der Waals surface area contributed by atoms with E-state index in [1.54, 1.807) is 12.1 Å². The second-order valence-electron chi connectivity index (χ2n) is 11.6. The molecule has 1 unspecified atom stereocenters. The van der Waals surface area contributed by atoms with Gasteiger partial charge in [0.15, 0.2) is 11.5 Å². The summed E-state index contributed by atoms with van der Waals surface area (Å²) in [4.78, 5) is 23.3. The minimum absolute atomic E-state index is 0.213. The molecule has 0 bridgehead atoms. The highest BCUT2D eigenvalue weighted by Crippen LogP contribution is 2.40. The van der Waals surface area contributed by atoms with Crippen molar-refractivity contribution in [1.82, 2.24) is 5.32 Å². The van der Waals surface area contributed by atoms with Crippen molar-refractivity contribution < 1.29 is 33.3 Å². The number of ether oxygens (including phenoxy) is 5. The van der Waals surface area contributed by atoms with Gasteiger partial charge in [0.2, 0.25) is 6.79 Å². The van der Waals surface area contributed by atoms with Crippen LogP contribution in [0.25, 0.3) is 11.1 Å². The van der Waals surface area contributed by atoms with E-state index in [1.807, 2.05) is 48.5 Å². The number of carbonyl (C=O) groups is 2. The highest BCUT2D eigenvalue weighted by molar-refractivity contribution is 5.99. The Morgan fingerprint density at radius 3 is 2.11 bits per heavy atom. The smallest absolute Gasteiger partial charge is 0.308 e. The van der Waals surface area contributed by atoms with Gasteiger partial charge in [0.25, 0.3) is 0 Å². The van der Waals surface area contributed by atoms with Crippen LogP contribution in [0.4, 0.5) is 0 Å². The Morgan fingerprint density at radius 2 is 1.47 bits per heavy atom. The summed E-state index contributed by atoms with van der Waals surface area (Å²) in [6.45, 7) is 6.91. The van der Waals surface area contributed by atoms with Crippen LogP contribution in [-0.4, -0.2) is 44.5 Å². The Labute approximate surface area is 265 Å². The predicted molar refractivity (Wildman–Crippen MR) is 173 cm³/mol. The molecule has 1 atom stereocenters. The SMILES string of the molecule is CC/C(=C(/c1ccc(OCC(CNCC2CCCCC2)OC(C)=O)cc1)c1ccc(OC(C)=O)cc1)c1ccc2c(c1)OCO2. The molecule has 3 aromatic rings. The number of hydrogen-bond acceptors (Lipinski definition) is 8. The fourth-order valence-electron chi connectivity index (χ4n) is 6.10. The van der Waals surface area contributed by atoms with E-state index in [1.165, 1.54) is 46.0 Å². The molecule has 1 saturated carbocycles. The van der Waals surface area contributed by atoms with Crippen LogP contribution in [0.1, 0.15) is 76.0 Å². The minimum Gasteiger partial charge on any atom is -0.490 e. The number of allylic oxidation sites excluding steroid dienone is 1. The summed E-state index contributed by atoms with van der Waals surface area (Å²) >= 11 is 0. The molecule has 0 amide bonds. The first kappa shape index (κ1) is 32.1. The molecule has 1 aliphatic heterocycles. The van der Waals surface area contributed by atoms with Gasteiger partial charge in [0.1, 0.15) is 24.2 Å². The average molecular weight is 614 g/mol. The molecule has 1 fully saturated rings. The normalized spacial score (nSPS) is 15.6. The lowest BCUT2D eigenvalue weighted by Gasteiger charge is -2.24. The van der Waals surface area contributed by atoms with Crippen molar-refractivity contribution in [3.05, 3.63) is 83.4 Å². The topological polar surface area (TPSA) is 92.3 Å². The summed E-state index contributed by atoms with van der Waals surface area (Å²) < 4.78 is 28.2. The van der Waals surface area contributed by atoms with Crippen LogP contribution < -0.4 is 24.3 Å². The second-order valence-corrected chi connectivity index (χ2v) is 11.6. The van der Waals surface area contributed by atoms with Crippen molar-refractivity contribution in [2.45, 2.75) is 65.4 Å². The third-order valence-corrected chi connectivity index (χ3v) is 8.22. The zero-order chi connectivity index (χ0) is 31.6. The number of benzene rings is 3. The van der Waals surface area contributed by atoms with Crippen molar-refractivity contribution in [1.29, 1.82) is 0 Å². The molecule has 0 radical (unpaired) electrons. The molecule has 2 aliphatic rings. The Bertz CT molecular complexity index is 1470. The maximum atomic E-state index is 11.8. The molecule has 1 aliphatic carbocycles. The Kier molecular flexibility index (Phi) is 11.1. The highest BCUT2D eigenvalue weighted by Gasteiger charge is 2.20. The zero-order valence-corrected chi connectivity index (χ0v) is 26.4. The van der Waals surface area contributed by atoms with Crippen LogP contribution in [0.2, 0.25) is 0 Å². The molecule has 0 aromatic heterocycles. The summed E-state index contributed by atoms with van der Waals surface area (Å²) in [5.74, 6) is 2.65. The molecule has 3 aromatic carbocycles. The maximum absolute atomic E-state index is 11.8. The monoisotopic (exact) mass is 613 g/mol. The van der Waals surface area contributed by atoms with Gasteiger partial charge in [-0.05, 0) is 96.0 Å². The van der Waals surface area contributed by atoms with Crippen molar-refractivity contribution >= 4 is 23.1 Å². The average Bonchev–Trinajstić information content (AvgIpc) is 3.51. The maximum Gasteiger partial charge on any atom is 0.308 e. The molecule has 1 heterocycles. The number of carbonyl (C=O) groups excluding carboxylic acids is 2. The summed E-state index contributed by atoms with van der Waals surface area (Å²) in [6, 6.07) is 21.5. The Morgan fingerprint density at radius 1 is 0.822 bits per heavy atom. The quantitative estimate of drug-likeness (QED) is 0.123. The Hall–Kier alpha value is -4.30. The Balaban J connectivity index is 1.36. The van der Waals surface area contributed by atoms with Crippen LogP contribution in [0, 0.1) is 5.92 Å². The molecule has 1 N–H and O–H groups in total. The molecule has 8 heteroatoms. The molecular formula is C37H43NO7. The van der Waals surface area contributed by atoms with E-state index in [2.05, 4.69) is 18.3 Å². The summed E-state index contributed by atoms with van der Waals surface area (Å²) in [5, 5.41) is 3.50. The second kappa shape index (κ2) is 15.6. The third kappa shape index (κ3) is 8.88. The van der Waals surface area contributed by atoms with Gasteiger partial charge in [-0.1, -0.05) is 56.5 Å². The molecule has 0 saturated heterocycles. The van der Waals surface area contributed by atoms with Crippen LogP contribution in [0.15, 0.2) is 66.7 Å². The molecule has 8 nitrogen and oxygen atoms in total. The van der Waals surface area contributed by atoms with E-state index in [9.17, 15) is 9.59 Å². The number of rotatable bonds is 13. The van der Waals surface area contributed by atoms with Crippen LogP contribution in [0.3, 0.4) is 0 Å². The lowest BCUT2D eigenvalue weighted by Crippen LogP contribution is -2.37. The van der Waals surface area contributed by atoms with Gasteiger partial charge >= 0.3 is 11.9 Å². The van der Waals surface area contributed by atoms with Gasteiger partial charge in [0, 0.05) is 20.4 Å². The molecule has 0 spiro atoms. The van der Waals surface area contributed by atoms with Crippen LogP contribution in [0.5, 0.6) is 23.0 Å². The largest absolute Gasteiger partial charge is 0.490 e. The fourth-order valence-corrected chi connectivity index (χ4v) is 6.10.